The molecule has 0 N–H and O–H groups in total. The van der Waals surface area contributed by atoms with Crippen LogP contribution in [-0.4, -0.2) is 79.4 Å². The molecule has 1 fully saturated rings. The summed E-state index contributed by atoms with van der Waals surface area (Å²) in [7, 11) is 1.62. The van der Waals surface area contributed by atoms with Crippen molar-refractivity contribution < 1.29 is 18.7 Å². The molecule has 0 unspecified atom stereocenters. The summed E-state index contributed by atoms with van der Waals surface area (Å²) in [4.78, 5) is 32.0. The normalized spacial score (nSPS) is 14.0. The Hall–Kier alpha value is -3.68. The van der Waals surface area contributed by atoms with E-state index in [1.54, 1.807) is 24.1 Å². The Balaban J connectivity index is 1.38. The lowest BCUT2D eigenvalue weighted by Crippen LogP contribution is -2.50. The molecule has 3 aromatic rings. The number of halogens is 2. The predicted molar refractivity (Wildman–Crippen MR) is 148 cm³/mol. The van der Waals surface area contributed by atoms with Gasteiger partial charge in [-0.25, -0.2) is 4.39 Å². The van der Waals surface area contributed by atoms with Gasteiger partial charge in [0.15, 0.2) is 0 Å². The molecule has 1 aliphatic heterocycles. The summed E-state index contributed by atoms with van der Waals surface area (Å²) in [5.74, 6) is 0.143. The third kappa shape index (κ3) is 7.00. The first-order valence-corrected chi connectivity index (χ1v) is 12.9. The minimum atomic E-state index is -0.381. The summed E-state index contributed by atoms with van der Waals surface area (Å²) in [5, 5.41) is 0.455. The highest BCUT2D eigenvalue weighted by molar-refractivity contribution is 6.33. The van der Waals surface area contributed by atoms with Crippen LogP contribution in [0.4, 0.5) is 4.39 Å². The molecule has 1 heterocycles. The van der Waals surface area contributed by atoms with E-state index >= 15 is 0 Å². The van der Waals surface area contributed by atoms with Crippen molar-refractivity contribution in [2.75, 3.05) is 52.9 Å². The topological polar surface area (TPSA) is 53.1 Å². The molecule has 0 saturated carbocycles. The van der Waals surface area contributed by atoms with Crippen molar-refractivity contribution in [2.24, 2.45) is 0 Å². The quantitative estimate of drug-likeness (QED) is 0.382. The second-order valence-corrected chi connectivity index (χ2v) is 9.42. The molecule has 1 aliphatic rings. The largest absolute Gasteiger partial charge is 0.496 e. The number of hydrogen-bond donors (Lipinski definition) is 0. The van der Waals surface area contributed by atoms with Crippen LogP contribution in [0.3, 0.4) is 0 Å². The van der Waals surface area contributed by atoms with Crippen molar-refractivity contribution >= 4 is 29.5 Å². The first-order valence-electron chi connectivity index (χ1n) is 12.6. The average Bonchev–Trinajstić information content (AvgIpc) is 2.95. The van der Waals surface area contributed by atoms with Crippen LogP contribution in [0.1, 0.15) is 26.3 Å². The third-order valence-corrected chi connectivity index (χ3v) is 6.92. The number of hydrogen-bond acceptors (Lipinski definition) is 4. The molecule has 1 saturated heterocycles. The number of nitrogens with zero attached hydrogens (tertiary/aromatic N) is 3. The van der Waals surface area contributed by atoms with Gasteiger partial charge in [-0.15, -0.1) is 0 Å². The summed E-state index contributed by atoms with van der Waals surface area (Å²) in [6, 6.07) is 20.4. The lowest BCUT2D eigenvalue weighted by molar-refractivity contribution is 0.0610. The van der Waals surface area contributed by atoms with E-state index in [0.29, 0.717) is 62.0 Å². The first-order chi connectivity index (χ1) is 18.5. The van der Waals surface area contributed by atoms with E-state index in [2.05, 4.69) is 4.90 Å². The van der Waals surface area contributed by atoms with Crippen molar-refractivity contribution in [3.63, 3.8) is 0 Å². The molecule has 6 nitrogen and oxygen atoms in total. The molecule has 0 aromatic heterocycles. The zero-order valence-electron chi connectivity index (χ0n) is 21.4. The van der Waals surface area contributed by atoms with Crippen LogP contribution in [0.15, 0.2) is 78.9 Å². The summed E-state index contributed by atoms with van der Waals surface area (Å²) in [5.41, 5.74) is 1.87. The van der Waals surface area contributed by atoms with Gasteiger partial charge < -0.3 is 14.5 Å². The van der Waals surface area contributed by atoms with Crippen molar-refractivity contribution in [1.82, 2.24) is 14.7 Å². The van der Waals surface area contributed by atoms with Gasteiger partial charge in [-0.2, -0.15) is 0 Å². The number of ether oxygens (including phenoxy) is 1. The molecule has 38 heavy (non-hydrogen) atoms. The average molecular weight is 536 g/mol. The van der Waals surface area contributed by atoms with E-state index in [9.17, 15) is 14.0 Å². The predicted octanol–water partition coefficient (Wildman–Crippen LogP) is 5.10. The SMILES string of the molecule is COc1ccccc1C=CCN(CCN1CCN(C(=O)c2ccccc2Cl)CC1)C(=O)c1ccc(F)cc1. The smallest absolute Gasteiger partial charge is 0.255 e. The van der Waals surface area contributed by atoms with Crippen molar-refractivity contribution in [3.05, 3.63) is 106 Å². The maximum absolute atomic E-state index is 13.4. The molecule has 198 valence electrons. The number of para-hydroxylation sites is 1. The van der Waals surface area contributed by atoms with E-state index in [1.165, 1.54) is 24.3 Å². The van der Waals surface area contributed by atoms with Crippen LogP contribution in [-0.2, 0) is 0 Å². The number of methoxy groups -OCH3 is 1. The molecule has 0 radical (unpaired) electrons. The Bertz CT molecular complexity index is 1270. The molecule has 0 spiro atoms. The van der Waals surface area contributed by atoms with Crippen LogP contribution < -0.4 is 4.74 Å². The fourth-order valence-electron chi connectivity index (χ4n) is 4.40. The minimum Gasteiger partial charge on any atom is -0.496 e. The zero-order chi connectivity index (χ0) is 26.9. The summed E-state index contributed by atoms with van der Waals surface area (Å²) in [6.45, 7) is 4.11. The van der Waals surface area contributed by atoms with Gasteiger partial charge in [0, 0.05) is 56.9 Å². The van der Waals surface area contributed by atoms with Crippen LogP contribution in [0.2, 0.25) is 5.02 Å². The third-order valence-electron chi connectivity index (χ3n) is 6.59. The Morgan fingerprint density at radius 3 is 2.37 bits per heavy atom. The second kappa shape index (κ2) is 13.2. The number of piperazine rings is 1. The summed E-state index contributed by atoms with van der Waals surface area (Å²) >= 11 is 6.21. The highest BCUT2D eigenvalue weighted by Crippen LogP contribution is 2.20. The minimum absolute atomic E-state index is 0.0650. The molecule has 8 heteroatoms. The molecule has 0 bridgehead atoms. The maximum atomic E-state index is 13.4. The van der Waals surface area contributed by atoms with Gasteiger partial charge >= 0.3 is 0 Å². The lowest BCUT2D eigenvalue weighted by Gasteiger charge is -2.36. The Labute approximate surface area is 227 Å². The van der Waals surface area contributed by atoms with Crippen molar-refractivity contribution in [1.29, 1.82) is 0 Å². The van der Waals surface area contributed by atoms with E-state index in [0.717, 1.165) is 11.3 Å². The Kier molecular flexibility index (Phi) is 9.51. The van der Waals surface area contributed by atoms with Gasteiger partial charge in [-0.1, -0.05) is 54.1 Å². The number of amides is 2. The van der Waals surface area contributed by atoms with Crippen molar-refractivity contribution in [2.45, 2.75) is 0 Å². The van der Waals surface area contributed by atoms with Crippen LogP contribution in [0.25, 0.3) is 6.08 Å². The van der Waals surface area contributed by atoms with Gasteiger partial charge in [0.1, 0.15) is 11.6 Å². The second-order valence-electron chi connectivity index (χ2n) is 9.02. The molecule has 0 atom stereocenters. The fraction of sp³-hybridized carbons (Fsp3) is 0.267. The van der Waals surface area contributed by atoms with Crippen molar-refractivity contribution in [3.8, 4) is 5.75 Å². The number of benzene rings is 3. The van der Waals surface area contributed by atoms with Crippen LogP contribution in [0.5, 0.6) is 5.75 Å². The Morgan fingerprint density at radius 1 is 0.974 bits per heavy atom. The highest BCUT2D eigenvalue weighted by atomic mass is 35.5. The number of rotatable bonds is 9. The molecule has 2 amide bonds. The zero-order valence-corrected chi connectivity index (χ0v) is 22.1. The monoisotopic (exact) mass is 535 g/mol. The van der Waals surface area contributed by atoms with Gasteiger partial charge in [0.25, 0.3) is 11.8 Å². The molecular weight excluding hydrogens is 505 g/mol. The summed E-state index contributed by atoms with van der Waals surface area (Å²) in [6.07, 6.45) is 3.86. The molecule has 0 aliphatic carbocycles. The molecular formula is C30H31ClFN3O3. The number of carbonyl (C=O) groups excluding carboxylic acids is 2. The van der Waals surface area contributed by atoms with Gasteiger partial charge in [-0.05, 0) is 42.5 Å². The molecule has 4 rings (SSSR count). The molecule has 3 aromatic carbocycles. The van der Waals surface area contributed by atoms with E-state index < -0.39 is 0 Å². The Morgan fingerprint density at radius 2 is 1.66 bits per heavy atom. The number of carbonyl (C=O) groups is 2. The highest BCUT2D eigenvalue weighted by Gasteiger charge is 2.24. The lowest BCUT2D eigenvalue weighted by atomic mass is 10.1. The van der Waals surface area contributed by atoms with Gasteiger partial charge in [0.05, 0.1) is 17.7 Å². The van der Waals surface area contributed by atoms with Crippen LogP contribution >= 0.6 is 11.6 Å². The summed E-state index contributed by atoms with van der Waals surface area (Å²) < 4.78 is 18.8. The van der Waals surface area contributed by atoms with E-state index in [4.69, 9.17) is 16.3 Å². The standard InChI is InChI=1S/C30H31ClFN3O3/c1-38-28-11-5-2-7-23(28)8-6-16-34(29(36)24-12-14-25(32)15-13-24)20-17-33-18-21-35(22-19-33)30(37)26-9-3-4-10-27(26)31/h2-15H,16-22H2,1H3. The van der Waals surface area contributed by atoms with Crippen LogP contribution in [0, 0.1) is 5.82 Å². The fourth-order valence-corrected chi connectivity index (χ4v) is 4.62. The maximum Gasteiger partial charge on any atom is 0.255 e. The van der Waals surface area contributed by atoms with E-state index in [1.807, 2.05) is 53.5 Å². The van der Waals surface area contributed by atoms with Gasteiger partial charge in [-0.3, -0.25) is 14.5 Å². The van der Waals surface area contributed by atoms with E-state index in [-0.39, 0.29) is 17.6 Å². The first kappa shape index (κ1) is 27.4. The van der Waals surface area contributed by atoms with Gasteiger partial charge in [0.2, 0.25) is 0 Å².